The number of halogens is 1. The van der Waals surface area contributed by atoms with Gasteiger partial charge < -0.3 is 5.73 Å². The van der Waals surface area contributed by atoms with Gasteiger partial charge in [0.05, 0.1) is 11.1 Å². The van der Waals surface area contributed by atoms with E-state index in [4.69, 9.17) is 5.73 Å². The van der Waals surface area contributed by atoms with Crippen molar-refractivity contribution in [1.82, 2.24) is 9.97 Å². The first-order valence-electron chi connectivity index (χ1n) is 7.60. The van der Waals surface area contributed by atoms with Crippen LogP contribution in [0.1, 0.15) is 0 Å². The molecular formula is C20H14FN3. The molecule has 0 bridgehead atoms. The molecule has 3 nitrogen and oxygen atoms in total. The monoisotopic (exact) mass is 315 g/mol. The Morgan fingerprint density at radius 3 is 2.29 bits per heavy atom. The fourth-order valence-corrected chi connectivity index (χ4v) is 2.73. The van der Waals surface area contributed by atoms with Gasteiger partial charge in [-0.1, -0.05) is 48.5 Å². The first kappa shape index (κ1) is 14.3. The second-order valence-corrected chi connectivity index (χ2v) is 5.51. The molecule has 0 fully saturated rings. The lowest BCUT2D eigenvalue weighted by Crippen LogP contribution is -1.99. The zero-order valence-corrected chi connectivity index (χ0v) is 12.8. The topological polar surface area (TPSA) is 51.8 Å². The van der Waals surface area contributed by atoms with Gasteiger partial charge in [-0.3, -0.25) is 0 Å². The summed E-state index contributed by atoms with van der Waals surface area (Å²) in [6.45, 7) is 0. The molecule has 0 atom stereocenters. The summed E-state index contributed by atoms with van der Waals surface area (Å²) < 4.78 is 14.6. The molecule has 3 aromatic carbocycles. The van der Waals surface area contributed by atoms with Gasteiger partial charge in [-0.2, -0.15) is 0 Å². The van der Waals surface area contributed by atoms with Crippen LogP contribution in [0, 0.1) is 5.82 Å². The van der Waals surface area contributed by atoms with Gasteiger partial charge in [-0.15, -0.1) is 0 Å². The van der Waals surface area contributed by atoms with Crippen LogP contribution in [0.5, 0.6) is 0 Å². The molecule has 4 rings (SSSR count). The SMILES string of the molecule is Nc1nc(-c2ccc(-c3ccccc3)cc2F)nc2ccccc12. The van der Waals surface area contributed by atoms with E-state index in [2.05, 4.69) is 9.97 Å². The predicted molar refractivity (Wildman–Crippen MR) is 94.8 cm³/mol. The van der Waals surface area contributed by atoms with Crippen LogP contribution < -0.4 is 5.73 Å². The lowest BCUT2D eigenvalue weighted by Gasteiger charge is -2.08. The van der Waals surface area contributed by atoms with Gasteiger partial charge in [0.15, 0.2) is 5.82 Å². The molecule has 0 aliphatic rings. The molecule has 2 N–H and O–H groups in total. The lowest BCUT2D eigenvalue weighted by molar-refractivity contribution is 0.630. The van der Waals surface area contributed by atoms with Crippen LogP contribution in [-0.2, 0) is 0 Å². The Labute approximate surface area is 138 Å². The Balaban J connectivity index is 1.83. The summed E-state index contributed by atoms with van der Waals surface area (Å²) in [7, 11) is 0. The van der Waals surface area contributed by atoms with Crippen LogP contribution in [0.4, 0.5) is 10.2 Å². The maximum absolute atomic E-state index is 14.6. The minimum atomic E-state index is -0.369. The first-order chi connectivity index (χ1) is 11.7. The van der Waals surface area contributed by atoms with Gasteiger partial charge >= 0.3 is 0 Å². The molecular weight excluding hydrogens is 301 g/mol. The second-order valence-electron chi connectivity index (χ2n) is 5.51. The first-order valence-corrected chi connectivity index (χ1v) is 7.60. The normalized spacial score (nSPS) is 10.9. The quantitative estimate of drug-likeness (QED) is 0.584. The Hall–Kier alpha value is -3.27. The second kappa shape index (κ2) is 5.74. The van der Waals surface area contributed by atoms with Crippen molar-refractivity contribution in [3.8, 4) is 22.5 Å². The third-order valence-corrected chi connectivity index (χ3v) is 3.95. The molecule has 0 aliphatic carbocycles. The molecule has 4 heteroatoms. The summed E-state index contributed by atoms with van der Waals surface area (Å²) in [4.78, 5) is 8.70. The number of fused-ring (bicyclic) bond motifs is 1. The minimum absolute atomic E-state index is 0.295. The molecule has 1 aromatic heterocycles. The Kier molecular flexibility index (Phi) is 3.43. The highest BCUT2D eigenvalue weighted by atomic mass is 19.1. The van der Waals surface area contributed by atoms with E-state index in [1.165, 1.54) is 6.07 Å². The molecule has 0 aliphatic heterocycles. The molecule has 4 aromatic rings. The summed E-state index contributed by atoms with van der Waals surface area (Å²) in [5, 5.41) is 0.766. The number of para-hydroxylation sites is 1. The van der Waals surface area contributed by atoms with Gasteiger partial charge in [0.25, 0.3) is 0 Å². The van der Waals surface area contributed by atoms with E-state index in [1.54, 1.807) is 6.07 Å². The highest BCUT2D eigenvalue weighted by molar-refractivity contribution is 5.89. The number of benzene rings is 3. The highest BCUT2D eigenvalue weighted by Gasteiger charge is 2.12. The Bertz CT molecular complexity index is 1030. The van der Waals surface area contributed by atoms with Crippen molar-refractivity contribution in [2.45, 2.75) is 0 Å². The standard InChI is InChI=1S/C20H14FN3/c21-17-12-14(13-6-2-1-3-7-13)10-11-15(17)20-23-18-9-5-4-8-16(18)19(22)24-20/h1-12H,(H2,22,23,24). The van der Waals surface area contributed by atoms with Crippen molar-refractivity contribution in [2.75, 3.05) is 5.73 Å². The smallest absolute Gasteiger partial charge is 0.165 e. The van der Waals surface area contributed by atoms with Crippen molar-refractivity contribution in [3.05, 3.63) is 78.6 Å². The average molecular weight is 315 g/mol. The number of anilines is 1. The largest absolute Gasteiger partial charge is 0.383 e. The van der Waals surface area contributed by atoms with Crippen molar-refractivity contribution in [2.24, 2.45) is 0 Å². The molecule has 0 radical (unpaired) electrons. The minimum Gasteiger partial charge on any atom is -0.383 e. The number of rotatable bonds is 2. The Morgan fingerprint density at radius 2 is 1.50 bits per heavy atom. The van der Waals surface area contributed by atoms with Crippen molar-refractivity contribution in [3.63, 3.8) is 0 Å². The fourth-order valence-electron chi connectivity index (χ4n) is 2.73. The summed E-state index contributed by atoms with van der Waals surface area (Å²) in [6.07, 6.45) is 0. The van der Waals surface area contributed by atoms with Gasteiger partial charge in [-0.05, 0) is 35.4 Å². The fraction of sp³-hybridized carbons (Fsp3) is 0. The van der Waals surface area contributed by atoms with Crippen molar-refractivity contribution >= 4 is 16.7 Å². The summed E-state index contributed by atoms with van der Waals surface area (Å²) in [5.74, 6) is 0.275. The number of nitrogens with two attached hydrogens (primary N) is 1. The molecule has 0 saturated heterocycles. The number of nitrogens with zero attached hydrogens (tertiary/aromatic N) is 2. The van der Waals surface area contributed by atoms with Crippen LogP contribution in [-0.4, -0.2) is 9.97 Å². The molecule has 116 valence electrons. The molecule has 0 spiro atoms. The molecule has 24 heavy (non-hydrogen) atoms. The van der Waals surface area contributed by atoms with E-state index >= 15 is 0 Å². The van der Waals surface area contributed by atoms with Gasteiger partial charge in [-0.25, -0.2) is 14.4 Å². The van der Waals surface area contributed by atoms with E-state index < -0.39 is 0 Å². The maximum Gasteiger partial charge on any atom is 0.165 e. The predicted octanol–water partition coefficient (Wildman–Crippen LogP) is 4.69. The summed E-state index contributed by atoms with van der Waals surface area (Å²) in [6, 6.07) is 22.2. The van der Waals surface area contributed by atoms with Gasteiger partial charge in [0.2, 0.25) is 0 Å². The van der Waals surface area contributed by atoms with Crippen LogP contribution in [0.2, 0.25) is 0 Å². The van der Waals surface area contributed by atoms with Gasteiger partial charge in [0, 0.05) is 5.39 Å². The van der Waals surface area contributed by atoms with E-state index in [0.717, 1.165) is 16.5 Å². The number of hydrogen-bond acceptors (Lipinski definition) is 3. The van der Waals surface area contributed by atoms with Crippen molar-refractivity contribution in [1.29, 1.82) is 0 Å². The Morgan fingerprint density at radius 1 is 0.750 bits per heavy atom. The van der Waals surface area contributed by atoms with E-state index in [9.17, 15) is 4.39 Å². The molecule has 1 heterocycles. The number of nitrogen functional groups attached to an aromatic ring is 1. The van der Waals surface area contributed by atoms with E-state index in [0.29, 0.717) is 22.7 Å². The third-order valence-electron chi connectivity index (χ3n) is 3.95. The van der Waals surface area contributed by atoms with Gasteiger partial charge in [0.1, 0.15) is 11.6 Å². The molecule has 0 amide bonds. The summed E-state index contributed by atoms with van der Waals surface area (Å²) >= 11 is 0. The van der Waals surface area contributed by atoms with Crippen LogP contribution in [0.25, 0.3) is 33.4 Å². The zero-order valence-electron chi connectivity index (χ0n) is 12.8. The van der Waals surface area contributed by atoms with E-state index in [-0.39, 0.29) is 5.82 Å². The zero-order chi connectivity index (χ0) is 16.5. The third kappa shape index (κ3) is 2.48. The van der Waals surface area contributed by atoms with Crippen molar-refractivity contribution < 1.29 is 4.39 Å². The lowest BCUT2D eigenvalue weighted by atomic mass is 10.0. The number of aromatic nitrogens is 2. The number of hydrogen-bond donors (Lipinski definition) is 1. The molecule has 0 unspecified atom stereocenters. The van der Waals surface area contributed by atoms with Crippen LogP contribution in [0.15, 0.2) is 72.8 Å². The van der Waals surface area contributed by atoms with E-state index in [1.807, 2.05) is 60.7 Å². The average Bonchev–Trinajstić information content (AvgIpc) is 2.62. The molecule has 0 saturated carbocycles. The maximum atomic E-state index is 14.6. The summed E-state index contributed by atoms with van der Waals surface area (Å²) in [5.41, 5.74) is 8.80. The van der Waals surface area contributed by atoms with Crippen LogP contribution in [0.3, 0.4) is 0 Å². The highest BCUT2D eigenvalue weighted by Crippen LogP contribution is 2.28. The van der Waals surface area contributed by atoms with Crippen LogP contribution >= 0.6 is 0 Å².